The Bertz CT molecular complexity index is 127. The molecule has 0 heterocycles. The number of nitrogens with zero attached hydrogens (tertiary/aromatic N) is 1. The summed E-state index contributed by atoms with van der Waals surface area (Å²) in [6.07, 6.45) is 3.57. The van der Waals surface area contributed by atoms with Gasteiger partial charge in [0.05, 0.1) is 0 Å². The molecule has 2 nitrogen and oxygen atoms in total. The van der Waals surface area contributed by atoms with E-state index in [1.807, 2.05) is 25.2 Å². The van der Waals surface area contributed by atoms with Crippen LogP contribution >= 0.6 is 0 Å². The Morgan fingerprint density at radius 1 is 1.33 bits per heavy atom. The van der Waals surface area contributed by atoms with E-state index in [0.717, 1.165) is 0 Å². The number of hydrogen-bond donors (Lipinski definition) is 1. The maximum absolute atomic E-state index is 11.3. The molecule has 0 spiro atoms. The molecule has 0 saturated heterocycles. The van der Waals surface area contributed by atoms with Gasteiger partial charge in [-0.15, -0.1) is 0 Å². The van der Waals surface area contributed by atoms with Gasteiger partial charge in [-0.1, -0.05) is 10.1 Å². The summed E-state index contributed by atoms with van der Waals surface area (Å²) in [5, 5.41) is 0. The van der Waals surface area contributed by atoms with Crippen LogP contribution < -0.4 is 0 Å². The summed E-state index contributed by atoms with van der Waals surface area (Å²) in [7, 11) is -0.0853. The maximum atomic E-state index is 11.3. The van der Waals surface area contributed by atoms with Gasteiger partial charge in [0.15, 0.2) is 0 Å². The number of hydrogen-bond acceptors (Lipinski definition) is 1. The molecule has 0 N–H and O–H groups in total. The molecule has 0 aliphatic rings. The Hall–Kier alpha value is 0.110. The van der Waals surface area contributed by atoms with Gasteiger partial charge in [0.25, 0.3) is 0 Å². The van der Waals surface area contributed by atoms with Gasteiger partial charge in [0.1, 0.15) is 0 Å². The first-order chi connectivity index (χ1) is 3.85. The minimum absolute atomic E-state index is 0.380. The summed E-state index contributed by atoms with van der Waals surface area (Å²) in [6.45, 7) is 4.08. The molecule has 0 amide bonds. The summed E-state index contributed by atoms with van der Waals surface area (Å²) >= 11 is 0. The molecule has 0 fully saturated rings. The van der Waals surface area contributed by atoms with Crippen LogP contribution in [0.15, 0.2) is 0 Å². The van der Waals surface area contributed by atoms with Crippen LogP contribution in [-0.4, -0.2) is 34.1 Å². The summed E-state index contributed by atoms with van der Waals surface area (Å²) in [6, 6.07) is 0.380. The standard InChI is InChI=1S/C6H17NOS/c1-6(2)7(3)9(4,5)8/h6,9H,1-5H3. The van der Waals surface area contributed by atoms with Crippen molar-refractivity contribution in [3.63, 3.8) is 0 Å². The Balaban J connectivity index is 4.05. The molecule has 0 atom stereocenters. The molecule has 0 unspecified atom stereocenters. The van der Waals surface area contributed by atoms with E-state index in [0.29, 0.717) is 6.04 Å². The lowest BCUT2D eigenvalue weighted by atomic mass is 10.4. The molecule has 0 rings (SSSR count). The summed E-state index contributed by atoms with van der Waals surface area (Å²) in [5.74, 6) is 0. The lowest BCUT2D eigenvalue weighted by Gasteiger charge is -2.29. The third kappa shape index (κ3) is 2.96. The monoisotopic (exact) mass is 151 g/mol. The molecular weight excluding hydrogens is 134 g/mol. The first-order valence-electron chi connectivity index (χ1n) is 3.14. The Kier molecular flexibility index (Phi) is 2.83. The zero-order valence-corrected chi connectivity index (χ0v) is 7.77. The molecule has 0 radical (unpaired) electrons. The van der Waals surface area contributed by atoms with Crippen molar-refractivity contribution in [2.75, 3.05) is 19.6 Å². The van der Waals surface area contributed by atoms with Gasteiger partial charge in [-0.25, -0.2) is 4.31 Å². The van der Waals surface area contributed by atoms with Crippen molar-refractivity contribution in [1.29, 1.82) is 0 Å². The fraction of sp³-hybridized carbons (Fsp3) is 1.00. The van der Waals surface area contributed by atoms with Crippen LogP contribution in [0.5, 0.6) is 0 Å². The van der Waals surface area contributed by atoms with E-state index in [1.165, 1.54) is 0 Å². The quantitative estimate of drug-likeness (QED) is 0.570. The van der Waals surface area contributed by atoms with Gasteiger partial charge >= 0.3 is 0 Å². The number of rotatable bonds is 2. The van der Waals surface area contributed by atoms with Gasteiger partial charge in [0.2, 0.25) is 0 Å². The summed E-state index contributed by atoms with van der Waals surface area (Å²) in [4.78, 5) is 0. The minimum Gasteiger partial charge on any atom is -0.272 e. The van der Waals surface area contributed by atoms with E-state index in [2.05, 4.69) is 0 Å². The Labute approximate surface area is 58.8 Å². The fourth-order valence-electron chi connectivity index (χ4n) is 0.556. The van der Waals surface area contributed by atoms with Crippen molar-refractivity contribution in [3.05, 3.63) is 0 Å². The SMILES string of the molecule is CC(C)N(C)[SH](C)(C)=O. The molecule has 0 bridgehead atoms. The van der Waals surface area contributed by atoms with Crippen LogP contribution in [0.2, 0.25) is 0 Å². The molecule has 3 heteroatoms. The van der Waals surface area contributed by atoms with Gasteiger partial charge in [-0.3, -0.25) is 4.21 Å². The molecule has 9 heavy (non-hydrogen) atoms. The van der Waals surface area contributed by atoms with Gasteiger partial charge in [-0.2, -0.15) is 0 Å². The topological polar surface area (TPSA) is 20.3 Å². The van der Waals surface area contributed by atoms with Crippen LogP contribution in [0, 0.1) is 0 Å². The highest BCUT2D eigenvalue weighted by atomic mass is 32.3. The normalized spacial score (nSPS) is 15.0. The highest BCUT2D eigenvalue weighted by Crippen LogP contribution is 2.04. The third-order valence-electron chi connectivity index (χ3n) is 1.51. The smallest absolute Gasteiger partial charge is 0.0147 e. The van der Waals surface area contributed by atoms with Crippen LogP contribution in [0.1, 0.15) is 13.8 Å². The highest BCUT2D eigenvalue weighted by molar-refractivity contribution is 7.99. The van der Waals surface area contributed by atoms with E-state index >= 15 is 0 Å². The molecule has 0 saturated carbocycles. The molecule has 0 aromatic rings. The zero-order chi connectivity index (χ0) is 7.65. The summed E-state index contributed by atoms with van der Waals surface area (Å²) in [5.41, 5.74) is 0. The second-order valence-corrected chi connectivity index (χ2v) is 6.18. The van der Waals surface area contributed by atoms with E-state index in [4.69, 9.17) is 0 Å². The largest absolute Gasteiger partial charge is 0.272 e. The molecule has 0 aliphatic heterocycles. The zero-order valence-electron chi connectivity index (χ0n) is 6.88. The Morgan fingerprint density at radius 3 is 1.67 bits per heavy atom. The first kappa shape index (κ1) is 9.11. The van der Waals surface area contributed by atoms with Crippen molar-refractivity contribution in [1.82, 2.24) is 4.31 Å². The van der Waals surface area contributed by atoms with Crippen molar-refractivity contribution >= 4 is 10.1 Å². The van der Waals surface area contributed by atoms with Crippen molar-refractivity contribution < 1.29 is 4.21 Å². The second kappa shape index (κ2) is 2.80. The molecule has 0 aliphatic carbocycles. The molecular formula is C6H17NOS. The van der Waals surface area contributed by atoms with Crippen molar-refractivity contribution in [3.8, 4) is 0 Å². The maximum Gasteiger partial charge on any atom is 0.0147 e. The van der Waals surface area contributed by atoms with Gasteiger partial charge in [0, 0.05) is 18.6 Å². The lowest BCUT2D eigenvalue weighted by molar-refractivity contribution is 0.438. The molecule has 58 valence electrons. The van der Waals surface area contributed by atoms with E-state index in [-0.39, 0.29) is 0 Å². The first-order valence-corrected chi connectivity index (χ1v) is 5.69. The second-order valence-electron chi connectivity index (χ2n) is 2.96. The van der Waals surface area contributed by atoms with Gasteiger partial charge < -0.3 is 0 Å². The summed E-state index contributed by atoms with van der Waals surface area (Å²) < 4.78 is 13.2. The Morgan fingerprint density at radius 2 is 1.67 bits per heavy atom. The van der Waals surface area contributed by atoms with Crippen LogP contribution in [0.4, 0.5) is 0 Å². The predicted molar refractivity (Wildman–Crippen MR) is 44.3 cm³/mol. The van der Waals surface area contributed by atoms with Crippen LogP contribution in [-0.2, 0) is 10.1 Å². The van der Waals surface area contributed by atoms with E-state index < -0.39 is 10.1 Å². The average Bonchev–Trinajstić information content (AvgIpc) is 1.62. The van der Waals surface area contributed by atoms with E-state index in [9.17, 15) is 4.21 Å². The third-order valence-corrected chi connectivity index (χ3v) is 3.49. The van der Waals surface area contributed by atoms with Crippen LogP contribution in [0.3, 0.4) is 0 Å². The van der Waals surface area contributed by atoms with Gasteiger partial charge in [-0.05, 0) is 20.9 Å². The predicted octanol–water partition coefficient (Wildman–Crippen LogP) is 0.518. The highest BCUT2D eigenvalue weighted by Gasteiger charge is 2.10. The minimum atomic E-state index is -1.98. The lowest BCUT2D eigenvalue weighted by Crippen LogP contribution is -2.36. The number of thiol groups is 1. The molecule has 0 aromatic carbocycles. The van der Waals surface area contributed by atoms with E-state index in [1.54, 1.807) is 12.5 Å². The molecule has 0 aromatic heterocycles. The van der Waals surface area contributed by atoms with Crippen molar-refractivity contribution in [2.45, 2.75) is 19.9 Å². The van der Waals surface area contributed by atoms with Crippen LogP contribution in [0.25, 0.3) is 0 Å². The average molecular weight is 151 g/mol. The fourth-order valence-corrected chi connectivity index (χ4v) is 1.67. The van der Waals surface area contributed by atoms with Crippen molar-refractivity contribution in [2.24, 2.45) is 0 Å².